The minimum Gasteiger partial charge on any atom is -0.336 e. The van der Waals surface area contributed by atoms with Gasteiger partial charge < -0.3 is 10.2 Å². The molecule has 0 bridgehead atoms. The first-order valence-corrected chi connectivity index (χ1v) is 10.1. The molecule has 2 aromatic rings. The molecule has 0 aliphatic carbocycles. The van der Waals surface area contributed by atoms with Crippen LogP contribution in [0.4, 0.5) is 0 Å². The average Bonchev–Trinajstić information content (AvgIpc) is 3.23. The third kappa shape index (κ3) is 4.40. The fourth-order valence-corrected chi connectivity index (χ4v) is 4.23. The van der Waals surface area contributed by atoms with Crippen molar-refractivity contribution in [3.05, 3.63) is 70.8 Å². The highest BCUT2D eigenvalue weighted by molar-refractivity contribution is 5.94. The second-order valence-corrected chi connectivity index (χ2v) is 7.87. The molecule has 0 spiro atoms. The number of nitrogens with zero attached hydrogens (tertiary/aromatic N) is 2. The fourth-order valence-electron chi connectivity index (χ4n) is 4.23. The Morgan fingerprint density at radius 2 is 1.89 bits per heavy atom. The molecular formula is C23H29N3O. The summed E-state index contributed by atoms with van der Waals surface area (Å²) >= 11 is 0. The standard InChI is InChI=1S/C23H29N3O/c1-18-4-2-5-19(14-18)17-25-10-12-26(13-11-25)23(27)21-7-3-6-20(15-21)22-8-9-24-16-22/h2-7,14-15,22,24H,8-13,16-17H2,1H3. The Hall–Kier alpha value is -2.17. The summed E-state index contributed by atoms with van der Waals surface area (Å²) in [6.45, 7) is 8.68. The molecule has 0 aromatic heterocycles. The third-order valence-electron chi connectivity index (χ3n) is 5.81. The predicted molar refractivity (Wildman–Crippen MR) is 109 cm³/mol. The largest absolute Gasteiger partial charge is 0.336 e. The maximum absolute atomic E-state index is 13.0. The zero-order valence-corrected chi connectivity index (χ0v) is 16.2. The van der Waals surface area contributed by atoms with Crippen LogP contribution in [0.3, 0.4) is 0 Å². The van der Waals surface area contributed by atoms with Crippen LogP contribution in [0.5, 0.6) is 0 Å². The molecule has 1 atom stereocenters. The van der Waals surface area contributed by atoms with E-state index in [9.17, 15) is 4.79 Å². The van der Waals surface area contributed by atoms with Gasteiger partial charge in [-0.1, -0.05) is 42.0 Å². The number of aryl methyl sites for hydroxylation is 1. The minimum absolute atomic E-state index is 0.179. The molecule has 4 heteroatoms. The third-order valence-corrected chi connectivity index (χ3v) is 5.81. The molecule has 142 valence electrons. The van der Waals surface area contributed by atoms with E-state index in [1.165, 1.54) is 16.7 Å². The van der Waals surface area contributed by atoms with E-state index in [-0.39, 0.29) is 5.91 Å². The maximum atomic E-state index is 13.0. The van der Waals surface area contributed by atoms with Crippen molar-refractivity contribution in [2.24, 2.45) is 0 Å². The molecule has 1 amide bonds. The van der Waals surface area contributed by atoms with Crippen molar-refractivity contribution in [3.8, 4) is 0 Å². The monoisotopic (exact) mass is 363 g/mol. The van der Waals surface area contributed by atoms with Crippen LogP contribution in [0, 0.1) is 6.92 Å². The zero-order valence-electron chi connectivity index (χ0n) is 16.2. The molecule has 2 aromatic carbocycles. The number of piperazine rings is 1. The first kappa shape index (κ1) is 18.2. The highest BCUT2D eigenvalue weighted by Gasteiger charge is 2.23. The number of nitrogens with one attached hydrogen (secondary N) is 1. The lowest BCUT2D eigenvalue weighted by atomic mass is 9.96. The van der Waals surface area contributed by atoms with E-state index < -0.39 is 0 Å². The van der Waals surface area contributed by atoms with E-state index in [0.717, 1.165) is 57.8 Å². The molecule has 2 aliphatic rings. The highest BCUT2D eigenvalue weighted by atomic mass is 16.2. The van der Waals surface area contributed by atoms with Gasteiger partial charge in [0, 0.05) is 44.8 Å². The lowest BCUT2D eigenvalue weighted by Crippen LogP contribution is -2.48. The number of rotatable bonds is 4. The van der Waals surface area contributed by atoms with Gasteiger partial charge in [0.1, 0.15) is 0 Å². The Morgan fingerprint density at radius 3 is 2.63 bits per heavy atom. The van der Waals surface area contributed by atoms with Crippen LogP contribution in [-0.4, -0.2) is 55.0 Å². The SMILES string of the molecule is Cc1cccc(CN2CCN(C(=O)c3cccc(C4CCNC4)c3)CC2)c1. The number of hydrogen-bond acceptors (Lipinski definition) is 3. The summed E-state index contributed by atoms with van der Waals surface area (Å²) in [6, 6.07) is 17.0. The van der Waals surface area contributed by atoms with Crippen LogP contribution < -0.4 is 5.32 Å². The van der Waals surface area contributed by atoms with E-state index in [1.807, 2.05) is 17.0 Å². The minimum atomic E-state index is 0.179. The first-order valence-electron chi connectivity index (χ1n) is 10.1. The van der Waals surface area contributed by atoms with Gasteiger partial charge in [-0.05, 0) is 49.1 Å². The predicted octanol–water partition coefficient (Wildman–Crippen LogP) is 3.03. The lowest BCUT2D eigenvalue weighted by Gasteiger charge is -2.35. The van der Waals surface area contributed by atoms with Gasteiger partial charge in [-0.3, -0.25) is 9.69 Å². The van der Waals surface area contributed by atoms with Crippen LogP contribution in [0.1, 0.15) is 39.4 Å². The zero-order chi connectivity index (χ0) is 18.6. The molecule has 1 N–H and O–H groups in total. The molecular weight excluding hydrogens is 334 g/mol. The van der Waals surface area contributed by atoms with Crippen molar-refractivity contribution in [2.45, 2.75) is 25.8 Å². The van der Waals surface area contributed by atoms with E-state index in [4.69, 9.17) is 0 Å². The van der Waals surface area contributed by atoms with Gasteiger partial charge in [-0.15, -0.1) is 0 Å². The van der Waals surface area contributed by atoms with Crippen molar-refractivity contribution < 1.29 is 4.79 Å². The van der Waals surface area contributed by atoms with E-state index in [2.05, 4.69) is 53.5 Å². The summed E-state index contributed by atoms with van der Waals surface area (Å²) in [4.78, 5) is 17.4. The Morgan fingerprint density at radius 1 is 1.07 bits per heavy atom. The van der Waals surface area contributed by atoms with Gasteiger partial charge in [0.05, 0.1) is 0 Å². The van der Waals surface area contributed by atoms with Gasteiger partial charge in [0.15, 0.2) is 0 Å². The summed E-state index contributed by atoms with van der Waals surface area (Å²) < 4.78 is 0. The second-order valence-electron chi connectivity index (χ2n) is 7.87. The van der Waals surface area contributed by atoms with Crippen molar-refractivity contribution in [3.63, 3.8) is 0 Å². The number of amides is 1. The quantitative estimate of drug-likeness (QED) is 0.907. The molecule has 1 unspecified atom stereocenters. The average molecular weight is 364 g/mol. The summed E-state index contributed by atoms with van der Waals surface area (Å²) in [6.07, 6.45) is 1.16. The lowest BCUT2D eigenvalue weighted by molar-refractivity contribution is 0.0628. The molecule has 2 aliphatic heterocycles. The topological polar surface area (TPSA) is 35.6 Å². The van der Waals surface area contributed by atoms with E-state index in [1.54, 1.807) is 0 Å². The highest BCUT2D eigenvalue weighted by Crippen LogP contribution is 2.23. The molecule has 2 saturated heterocycles. The van der Waals surface area contributed by atoms with Crippen molar-refractivity contribution in [1.82, 2.24) is 15.1 Å². The summed E-state index contributed by atoms with van der Waals surface area (Å²) in [5, 5.41) is 3.41. The van der Waals surface area contributed by atoms with Crippen LogP contribution in [0.2, 0.25) is 0 Å². The fraction of sp³-hybridized carbons (Fsp3) is 0.435. The van der Waals surface area contributed by atoms with Crippen molar-refractivity contribution >= 4 is 5.91 Å². The van der Waals surface area contributed by atoms with Crippen LogP contribution in [0.25, 0.3) is 0 Å². The molecule has 2 heterocycles. The van der Waals surface area contributed by atoms with Crippen LogP contribution in [0.15, 0.2) is 48.5 Å². The van der Waals surface area contributed by atoms with Crippen LogP contribution in [-0.2, 0) is 6.54 Å². The van der Waals surface area contributed by atoms with Crippen molar-refractivity contribution in [1.29, 1.82) is 0 Å². The second kappa shape index (κ2) is 8.24. The summed E-state index contributed by atoms with van der Waals surface area (Å²) in [5.74, 6) is 0.724. The first-order chi connectivity index (χ1) is 13.2. The van der Waals surface area contributed by atoms with Gasteiger partial charge in [0.2, 0.25) is 0 Å². The number of carbonyl (C=O) groups is 1. The molecule has 0 radical (unpaired) electrons. The van der Waals surface area contributed by atoms with Gasteiger partial charge >= 0.3 is 0 Å². The Kier molecular flexibility index (Phi) is 5.55. The summed E-state index contributed by atoms with van der Waals surface area (Å²) in [7, 11) is 0. The Bertz CT molecular complexity index is 790. The van der Waals surface area contributed by atoms with E-state index in [0.29, 0.717) is 5.92 Å². The number of hydrogen-bond donors (Lipinski definition) is 1. The van der Waals surface area contributed by atoms with Crippen molar-refractivity contribution in [2.75, 3.05) is 39.3 Å². The smallest absolute Gasteiger partial charge is 0.253 e. The summed E-state index contributed by atoms with van der Waals surface area (Å²) in [5.41, 5.74) is 4.79. The van der Waals surface area contributed by atoms with Crippen LogP contribution >= 0.6 is 0 Å². The molecule has 27 heavy (non-hydrogen) atoms. The molecule has 4 rings (SSSR count). The number of carbonyl (C=O) groups excluding carboxylic acids is 1. The molecule has 0 saturated carbocycles. The number of benzene rings is 2. The van der Waals surface area contributed by atoms with E-state index >= 15 is 0 Å². The maximum Gasteiger partial charge on any atom is 0.253 e. The van der Waals surface area contributed by atoms with Gasteiger partial charge in [-0.25, -0.2) is 0 Å². The Labute approximate surface area is 162 Å². The molecule has 4 nitrogen and oxygen atoms in total. The molecule has 2 fully saturated rings. The van der Waals surface area contributed by atoms with Gasteiger partial charge in [0.25, 0.3) is 5.91 Å². The van der Waals surface area contributed by atoms with Gasteiger partial charge in [-0.2, -0.15) is 0 Å². The Balaban J connectivity index is 1.35. The normalized spacial score (nSPS) is 20.8.